The van der Waals surface area contributed by atoms with Crippen molar-refractivity contribution in [1.29, 1.82) is 0 Å². The average Bonchev–Trinajstić information content (AvgIpc) is 2.72. The monoisotopic (exact) mass is 335 g/mol. The second-order valence-corrected chi connectivity index (χ2v) is 8.38. The molecule has 2 unspecified atom stereocenters. The van der Waals surface area contributed by atoms with Gasteiger partial charge in [-0.25, -0.2) is 4.79 Å². The van der Waals surface area contributed by atoms with Gasteiger partial charge in [-0.1, -0.05) is 23.7 Å². The zero-order chi connectivity index (χ0) is 16.6. The summed E-state index contributed by atoms with van der Waals surface area (Å²) in [7, 11) is 0. The average molecular weight is 336 g/mol. The van der Waals surface area contributed by atoms with E-state index in [0.29, 0.717) is 18.0 Å². The molecule has 2 saturated heterocycles. The van der Waals surface area contributed by atoms with Crippen molar-refractivity contribution < 1.29 is 9.53 Å². The zero-order valence-electron chi connectivity index (χ0n) is 14.2. The molecule has 0 saturated carbocycles. The number of hydrogen-bond donors (Lipinski definition) is 0. The molecule has 0 spiro atoms. The molecule has 0 N–H and O–H groups in total. The van der Waals surface area contributed by atoms with Crippen LogP contribution in [0, 0.1) is 5.92 Å². The molecule has 1 aromatic carbocycles. The van der Waals surface area contributed by atoms with Crippen molar-refractivity contribution in [2.75, 3.05) is 0 Å². The number of halogens is 1. The highest BCUT2D eigenvalue weighted by Gasteiger charge is 2.44. The summed E-state index contributed by atoms with van der Waals surface area (Å²) >= 11 is 5.96. The summed E-state index contributed by atoms with van der Waals surface area (Å²) < 4.78 is 5.60. The van der Waals surface area contributed by atoms with E-state index in [-0.39, 0.29) is 6.09 Å². The van der Waals surface area contributed by atoms with Crippen molar-refractivity contribution >= 4 is 17.7 Å². The predicted octanol–water partition coefficient (Wildman–Crippen LogP) is 5.06. The number of rotatable bonds is 2. The van der Waals surface area contributed by atoms with E-state index in [1.165, 1.54) is 5.56 Å². The lowest BCUT2D eigenvalue weighted by molar-refractivity contribution is 0.00216. The minimum absolute atomic E-state index is 0.130. The van der Waals surface area contributed by atoms with E-state index in [1.807, 2.05) is 37.8 Å². The normalized spacial score (nSPS) is 27.1. The molecular weight excluding hydrogens is 310 g/mol. The summed E-state index contributed by atoms with van der Waals surface area (Å²) in [6.45, 7) is 5.79. The molecule has 1 amide bonds. The fourth-order valence-corrected chi connectivity index (χ4v) is 4.15. The number of carbonyl (C=O) groups is 1. The van der Waals surface area contributed by atoms with Crippen LogP contribution in [0.25, 0.3) is 0 Å². The molecule has 23 heavy (non-hydrogen) atoms. The summed E-state index contributed by atoms with van der Waals surface area (Å²) in [5, 5.41) is 0.786. The Kier molecular flexibility index (Phi) is 4.59. The minimum atomic E-state index is -0.420. The van der Waals surface area contributed by atoms with E-state index >= 15 is 0 Å². The fourth-order valence-electron chi connectivity index (χ4n) is 4.02. The van der Waals surface area contributed by atoms with Gasteiger partial charge in [-0.2, -0.15) is 0 Å². The van der Waals surface area contributed by atoms with Crippen molar-refractivity contribution in [2.45, 2.75) is 70.6 Å². The quantitative estimate of drug-likeness (QED) is 0.756. The van der Waals surface area contributed by atoms with Crippen molar-refractivity contribution in [3.63, 3.8) is 0 Å². The van der Waals surface area contributed by atoms with Crippen LogP contribution in [0.15, 0.2) is 24.3 Å². The van der Waals surface area contributed by atoms with Crippen LogP contribution in [0.1, 0.15) is 52.0 Å². The molecule has 2 heterocycles. The molecule has 0 radical (unpaired) electrons. The van der Waals surface area contributed by atoms with Gasteiger partial charge in [0, 0.05) is 17.1 Å². The molecule has 4 heteroatoms. The van der Waals surface area contributed by atoms with Crippen LogP contribution in [0.5, 0.6) is 0 Å². The molecule has 2 aliphatic heterocycles. The van der Waals surface area contributed by atoms with Gasteiger partial charge in [-0.15, -0.1) is 0 Å². The Hall–Kier alpha value is -1.22. The first-order chi connectivity index (χ1) is 10.8. The van der Waals surface area contributed by atoms with Gasteiger partial charge < -0.3 is 9.64 Å². The Morgan fingerprint density at radius 2 is 1.74 bits per heavy atom. The van der Waals surface area contributed by atoms with Gasteiger partial charge in [-0.05, 0) is 76.5 Å². The summed E-state index contributed by atoms with van der Waals surface area (Å²) in [6, 6.07) is 8.85. The third kappa shape index (κ3) is 4.00. The van der Waals surface area contributed by atoms with E-state index in [1.54, 1.807) is 0 Å². The van der Waals surface area contributed by atoms with Gasteiger partial charge in [0.1, 0.15) is 5.60 Å². The largest absolute Gasteiger partial charge is 0.444 e. The first-order valence-electron chi connectivity index (χ1n) is 8.57. The smallest absolute Gasteiger partial charge is 0.410 e. The highest BCUT2D eigenvalue weighted by Crippen LogP contribution is 2.40. The first-order valence-corrected chi connectivity index (χ1v) is 8.95. The van der Waals surface area contributed by atoms with Crippen LogP contribution < -0.4 is 0 Å². The van der Waals surface area contributed by atoms with Crippen LogP contribution in [-0.2, 0) is 11.2 Å². The van der Waals surface area contributed by atoms with Gasteiger partial charge in [0.05, 0.1) is 0 Å². The van der Waals surface area contributed by atoms with Crippen molar-refractivity contribution in [3.05, 3.63) is 34.9 Å². The molecule has 3 nitrogen and oxygen atoms in total. The molecule has 2 bridgehead atoms. The Labute approximate surface area is 144 Å². The van der Waals surface area contributed by atoms with Crippen molar-refractivity contribution in [1.82, 2.24) is 4.90 Å². The fraction of sp³-hybridized carbons (Fsp3) is 0.632. The number of ether oxygens (including phenoxy) is 1. The Bertz CT molecular complexity index is 550. The molecule has 1 aromatic rings. The zero-order valence-corrected chi connectivity index (χ0v) is 15.0. The maximum Gasteiger partial charge on any atom is 0.410 e. The SMILES string of the molecule is CC(C)(C)OC(=O)N1C2CCC1CC(Cc1ccc(Cl)cc1)C2. The van der Waals surface area contributed by atoms with Crippen molar-refractivity contribution in [3.8, 4) is 0 Å². The maximum absolute atomic E-state index is 12.5. The topological polar surface area (TPSA) is 29.5 Å². The van der Waals surface area contributed by atoms with Crippen LogP contribution in [0.2, 0.25) is 5.02 Å². The molecule has 2 fully saturated rings. The van der Waals surface area contributed by atoms with Crippen molar-refractivity contribution in [2.24, 2.45) is 5.92 Å². The number of benzene rings is 1. The van der Waals surface area contributed by atoms with Gasteiger partial charge in [0.25, 0.3) is 0 Å². The van der Waals surface area contributed by atoms with Crippen LogP contribution in [0.3, 0.4) is 0 Å². The summed E-state index contributed by atoms with van der Waals surface area (Å²) in [6.07, 6.45) is 5.33. The summed E-state index contributed by atoms with van der Waals surface area (Å²) in [4.78, 5) is 14.5. The van der Waals surface area contributed by atoms with E-state index in [2.05, 4.69) is 12.1 Å². The van der Waals surface area contributed by atoms with E-state index in [0.717, 1.165) is 37.1 Å². The molecule has 2 aliphatic rings. The Balaban J connectivity index is 1.62. The lowest BCUT2D eigenvalue weighted by Crippen LogP contribution is -2.48. The molecular formula is C19H26ClNO2. The summed E-state index contributed by atoms with van der Waals surface area (Å²) in [5.41, 5.74) is 0.918. The Morgan fingerprint density at radius 1 is 1.17 bits per heavy atom. The first kappa shape index (κ1) is 16.6. The lowest BCUT2D eigenvalue weighted by atomic mass is 9.86. The second-order valence-electron chi connectivity index (χ2n) is 7.94. The van der Waals surface area contributed by atoms with Crippen LogP contribution in [0.4, 0.5) is 4.79 Å². The number of carbonyl (C=O) groups excluding carboxylic acids is 1. The number of hydrogen-bond acceptors (Lipinski definition) is 2. The molecule has 3 rings (SSSR count). The standard InChI is InChI=1S/C19H26ClNO2/c1-19(2,3)23-18(22)21-16-8-9-17(21)12-14(11-16)10-13-4-6-15(20)7-5-13/h4-7,14,16-17H,8-12H2,1-3H3. The van der Waals surface area contributed by atoms with Crippen LogP contribution in [-0.4, -0.2) is 28.7 Å². The number of nitrogens with zero attached hydrogens (tertiary/aromatic N) is 1. The molecule has 2 atom stereocenters. The predicted molar refractivity (Wildman–Crippen MR) is 92.8 cm³/mol. The van der Waals surface area contributed by atoms with E-state index in [4.69, 9.17) is 16.3 Å². The Morgan fingerprint density at radius 3 is 2.26 bits per heavy atom. The molecule has 0 aliphatic carbocycles. The van der Waals surface area contributed by atoms with Gasteiger partial charge in [-0.3, -0.25) is 0 Å². The van der Waals surface area contributed by atoms with Crippen LogP contribution >= 0.6 is 11.6 Å². The molecule has 126 valence electrons. The van der Waals surface area contributed by atoms with Gasteiger partial charge in [0.2, 0.25) is 0 Å². The summed E-state index contributed by atoms with van der Waals surface area (Å²) in [5.74, 6) is 0.646. The molecule has 0 aromatic heterocycles. The third-order valence-electron chi connectivity index (χ3n) is 4.87. The highest BCUT2D eigenvalue weighted by atomic mass is 35.5. The van der Waals surface area contributed by atoms with E-state index in [9.17, 15) is 4.79 Å². The number of amides is 1. The maximum atomic E-state index is 12.5. The van der Waals surface area contributed by atoms with Gasteiger partial charge >= 0.3 is 6.09 Å². The number of fused-ring (bicyclic) bond motifs is 2. The second kappa shape index (κ2) is 6.35. The van der Waals surface area contributed by atoms with Gasteiger partial charge in [0.15, 0.2) is 0 Å². The highest BCUT2D eigenvalue weighted by molar-refractivity contribution is 6.30. The lowest BCUT2D eigenvalue weighted by Gasteiger charge is -2.39. The third-order valence-corrected chi connectivity index (χ3v) is 5.12. The minimum Gasteiger partial charge on any atom is -0.444 e. The number of piperidine rings is 1. The van der Waals surface area contributed by atoms with E-state index < -0.39 is 5.60 Å².